The second-order valence-corrected chi connectivity index (χ2v) is 8.20. The lowest BCUT2D eigenvalue weighted by Crippen LogP contribution is -2.25. The summed E-state index contributed by atoms with van der Waals surface area (Å²) in [6, 6.07) is 0. The number of hydrogen-bond donors (Lipinski definition) is 1. The third-order valence-electron chi connectivity index (χ3n) is 5.20. The maximum Gasteiger partial charge on any atom is 0.183 e. The van der Waals surface area contributed by atoms with Crippen molar-refractivity contribution in [3.05, 3.63) is 16.3 Å². The Morgan fingerprint density at radius 3 is 2.79 bits per heavy atom. The number of ether oxygens (including phenoxy) is 1. The molecule has 0 bridgehead atoms. The van der Waals surface area contributed by atoms with Gasteiger partial charge < -0.3 is 4.74 Å². The molecule has 1 saturated heterocycles. The summed E-state index contributed by atoms with van der Waals surface area (Å²) in [5.74, 6) is 2.38. The first kappa shape index (κ1) is 15.0. The third-order valence-corrected chi connectivity index (χ3v) is 6.39. The molecule has 5 nitrogen and oxygen atoms in total. The Hall–Kier alpha value is -1.24. The van der Waals surface area contributed by atoms with Crippen molar-refractivity contribution in [1.82, 2.24) is 9.97 Å². The van der Waals surface area contributed by atoms with E-state index in [4.69, 9.17) is 19.5 Å². The molecule has 3 heterocycles. The van der Waals surface area contributed by atoms with Gasteiger partial charge in [-0.05, 0) is 56.9 Å². The normalized spacial score (nSPS) is 24.1. The smallest absolute Gasteiger partial charge is 0.183 e. The number of anilines is 1. The molecule has 5 rings (SSSR count). The molecule has 6 heteroatoms. The van der Waals surface area contributed by atoms with Gasteiger partial charge >= 0.3 is 0 Å². The Bertz CT molecular complexity index is 750. The van der Waals surface area contributed by atoms with Gasteiger partial charge in [0, 0.05) is 23.8 Å². The van der Waals surface area contributed by atoms with Gasteiger partial charge in [0.25, 0.3) is 0 Å². The Morgan fingerprint density at radius 2 is 1.96 bits per heavy atom. The lowest BCUT2D eigenvalue weighted by atomic mass is 9.97. The van der Waals surface area contributed by atoms with Crippen LogP contribution in [0.1, 0.15) is 67.1 Å². The highest BCUT2D eigenvalue weighted by Gasteiger charge is 2.30. The van der Waals surface area contributed by atoms with Gasteiger partial charge in [0.05, 0.1) is 5.39 Å². The van der Waals surface area contributed by atoms with Crippen molar-refractivity contribution in [1.29, 1.82) is 0 Å². The molecule has 2 aromatic heterocycles. The van der Waals surface area contributed by atoms with Crippen LogP contribution in [-0.4, -0.2) is 22.9 Å². The fraction of sp³-hybridized carbons (Fsp3) is 0.667. The monoisotopic (exact) mass is 345 g/mol. The average molecular weight is 345 g/mol. The summed E-state index contributed by atoms with van der Waals surface area (Å²) < 4.78 is 5.67. The Morgan fingerprint density at radius 1 is 1.04 bits per heavy atom. The van der Waals surface area contributed by atoms with Crippen LogP contribution in [0.5, 0.6) is 0 Å². The lowest BCUT2D eigenvalue weighted by molar-refractivity contribution is -0.145. The SMILES string of the molecule is C1CCC(ONc2nc(C3CC3)nc3sc4c(c23)CCCC4)OC1. The molecule has 1 atom stereocenters. The van der Waals surface area contributed by atoms with E-state index in [2.05, 4.69) is 5.48 Å². The molecule has 1 unspecified atom stereocenters. The molecule has 1 N–H and O–H groups in total. The number of thiophene rings is 1. The second-order valence-electron chi connectivity index (χ2n) is 7.11. The largest absolute Gasteiger partial charge is 0.350 e. The van der Waals surface area contributed by atoms with E-state index in [1.807, 2.05) is 11.3 Å². The predicted octanol–water partition coefficient (Wildman–Crippen LogP) is 4.32. The van der Waals surface area contributed by atoms with Crippen LogP contribution in [0, 0.1) is 0 Å². The standard InChI is InChI=1S/C18H23N3O2S/c1-2-6-13-12(5-1)15-17(21-23-14-7-3-4-10-22-14)19-16(11-8-9-11)20-18(15)24-13/h11,14H,1-10H2,(H,19,20,21). The minimum atomic E-state index is -0.164. The van der Waals surface area contributed by atoms with Gasteiger partial charge in [-0.25, -0.2) is 20.3 Å². The summed E-state index contributed by atoms with van der Waals surface area (Å²) in [7, 11) is 0. The summed E-state index contributed by atoms with van der Waals surface area (Å²) in [5.41, 5.74) is 4.59. The van der Waals surface area contributed by atoms with Crippen LogP contribution in [0.4, 0.5) is 5.82 Å². The Kier molecular flexibility index (Phi) is 3.91. The van der Waals surface area contributed by atoms with Crippen LogP contribution < -0.4 is 5.48 Å². The Labute approximate surface area is 145 Å². The zero-order chi connectivity index (χ0) is 15.9. The molecule has 0 radical (unpaired) electrons. The summed E-state index contributed by atoms with van der Waals surface area (Å²) in [6.45, 7) is 0.784. The summed E-state index contributed by atoms with van der Waals surface area (Å²) >= 11 is 1.86. The highest BCUT2D eigenvalue weighted by atomic mass is 32.1. The molecule has 0 aromatic carbocycles. The summed E-state index contributed by atoms with van der Waals surface area (Å²) in [4.78, 5) is 18.2. The molecular formula is C18H23N3O2S. The third kappa shape index (κ3) is 2.80. The van der Waals surface area contributed by atoms with E-state index in [-0.39, 0.29) is 6.29 Å². The molecule has 128 valence electrons. The lowest BCUT2D eigenvalue weighted by Gasteiger charge is -2.23. The fourth-order valence-corrected chi connectivity index (χ4v) is 4.97. The van der Waals surface area contributed by atoms with Crippen molar-refractivity contribution in [3.63, 3.8) is 0 Å². The van der Waals surface area contributed by atoms with Crippen molar-refractivity contribution in [2.24, 2.45) is 0 Å². The van der Waals surface area contributed by atoms with E-state index in [0.29, 0.717) is 5.92 Å². The molecule has 2 aromatic rings. The van der Waals surface area contributed by atoms with E-state index in [1.165, 1.54) is 47.9 Å². The van der Waals surface area contributed by atoms with Crippen LogP contribution in [0.25, 0.3) is 10.2 Å². The molecule has 24 heavy (non-hydrogen) atoms. The zero-order valence-corrected chi connectivity index (χ0v) is 14.7. The molecule has 1 aliphatic heterocycles. The van der Waals surface area contributed by atoms with Gasteiger partial charge in [-0.15, -0.1) is 11.3 Å². The van der Waals surface area contributed by atoms with Crippen LogP contribution >= 0.6 is 11.3 Å². The van der Waals surface area contributed by atoms with Gasteiger partial charge in [0.15, 0.2) is 12.1 Å². The van der Waals surface area contributed by atoms with Crippen molar-refractivity contribution in [2.75, 3.05) is 12.1 Å². The molecule has 3 aliphatic rings. The molecule has 2 aliphatic carbocycles. The van der Waals surface area contributed by atoms with Crippen molar-refractivity contribution in [2.45, 2.75) is 70.0 Å². The van der Waals surface area contributed by atoms with E-state index >= 15 is 0 Å². The van der Waals surface area contributed by atoms with Gasteiger partial charge in [-0.1, -0.05) is 0 Å². The average Bonchev–Trinajstić information content (AvgIpc) is 3.41. The first-order valence-electron chi connectivity index (χ1n) is 9.24. The number of nitrogens with one attached hydrogen (secondary N) is 1. The van der Waals surface area contributed by atoms with Gasteiger partial charge in [-0.2, -0.15) is 0 Å². The van der Waals surface area contributed by atoms with Crippen LogP contribution in [-0.2, 0) is 22.4 Å². The van der Waals surface area contributed by atoms with E-state index < -0.39 is 0 Å². The maximum absolute atomic E-state index is 5.83. The molecule has 0 amide bonds. The minimum absolute atomic E-state index is 0.164. The van der Waals surface area contributed by atoms with E-state index in [1.54, 1.807) is 0 Å². The molecular weight excluding hydrogens is 322 g/mol. The zero-order valence-electron chi connectivity index (χ0n) is 13.8. The summed E-state index contributed by atoms with van der Waals surface area (Å²) in [6.07, 6.45) is 10.4. The molecule has 0 spiro atoms. The van der Waals surface area contributed by atoms with Gasteiger partial charge in [0.1, 0.15) is 10.7 Å². The van der Waals surface area contributed by atoms with Crippen LogP contribution in [0.3, 0.4) is 0 Å². The van der Waals surface area contributed by atoms with Crippen molar-refractivity contribution < 1.29 is 9.57 Å². The molecule has 1 saturated carbocycles. The molecule has 2 fully saturated rings. The van der Waals surface area contributed by atoms with E-state index in [0.717, 1.165) is 48.8 Å². The Balaban J connectivity index is 1.50. The number of aryl methyl sites for hydroxylation is 2. The first-order chi connectivity index (χ1) is 11.9. The number of rotatable bonds is 4. The highest BCUT2D eigenvalue weighted by Crippen LogP contribution is 2.43. The quantitative estimate of drug-likeness (QED) is 0.837. The topological polar surface area (TPSA) is 56.3 Å². The van der Waals surface area contributed by atoms with Gasteiger partial charge in [0.2, 0.25) is 0 Å². The van der Waals surface area contributed by atoms with E-state index in [9.17, 15) is 0 Å². The van der Waals surface area contributed by atoms with Crippen LogP contribution in [0.2, 0.25) is 0 Å². The maximum atomic E-state index is 5.83. The number of aromatic nitrogens is 2. The number of hydrogen-bond acceptors (Lipinski definition) is 6. The fourth-order valence-electron chi connectivity index (χ4n) is 3.70. The van der Waals surface area contributed by atoms with Crippen LogP contribution in [0.15, 0.2) is 0 Å². The number of fused-ring (bicyclic) bond motifs is 3. The predicted molar refractivity (Wildman–Crippen MR) is 94.3 cm³/mol. The first-order valence-corrected chi connectivity index (χ1v) is 10.1. The van der Waals surface area contributed by atoms with Crippen molar-refractivity contribution >= 4 is 27.4 Å². The number of nitrogens with zero attached hydrogens (tertiary/aromatic N) is 2. The minimum Gasteiger partial charge on any atom is -0.350 e. The summed E-state index contributed by atoms with van der Waals surface area (Å²) in [5, 5.41) is 1.19. The van der Waals surface area contributed by atoms with Gasteiger partial charge in [-0.3, -0.25) is 0 Å². The van der Waals surface area contributed by atoms with Crippen molar-refractivity contribution in [3.8, 4) is 0 Å². The highest BCUT2D eigenvalue weighted by molar-refractivity contribution is 7.19. The second kappa shape index (κ2) is 6.24.